The molecule has 5 nitrogen and oxygen atoms in total. The van der Waals surface area contributed by atoms with Crippen molar-refractivity contribution < 1.29 is 19.1 Å². The van der Waals surface area contributed by atoms with Gasteiger partial charge in [0.15, 0.2) is 0 Å². The van der Waals surface area contributed by atoms with Crippen LogP contribution in [0.5, 0.6) is 0 Å². The third kappa shape index (κ3) is 5.86. The summed E-state index contributed by atoms with van der Waals surface area (Å²) in [5.74, 6) is -1.41. The molecule has 130 valence electrons. The van der Waals surface area contributed by atoms with Gasteiger partial charge in [-0.15, -0.1) is 0 Å². The smallest absolute Gasteiger partial charge is 0.248 e. The minimum absolute atomic E-state index is 0.0353. The Morgan fingerprint density at radius 1 is 1.08 bits per heavy atom. The molecule has 25 heavy (non-hydrogen) atoms. The average molecular weight is 342 g/mol. The number of rotatable bonds is 6. The van der Waals surface area contributed by atoms with Gasteiger partial charge in [0.2, 0.25) is 11.8 Å². The molecule has 3 N–H and O–H groups in total. The molecular formula is C19H19FN2O3. The number of hydrogen-bond donors (Lipinski definition) is 3. The van der Waals surface area contributed by atoms with E-state index in [1.807, 2.05) is 25.1 Å². The number of amides is 2. The number of halogens is 1. The van der Waals surface area contributed by atoms with Gasteiger partial charge in [-0.3, -0.25) is 9.59 Å². The summed E-state index contributed by atoms with van der Waals surface area (Å²) in [6, 6.07) is 12.6. The summed E-state index contributed by atoms with van der Waals surface area (Å²) >= 11 is 0. The van der Waals surface area contributed by atoms with Crippen LogP contribution in [-0.2, 0) is 9.59 Å². The third-order valence-corrected chi connectivity index (χ3v) is 3.51. The molecule has 0 heterocycles. The average Bonchev–Trinajstić information content (AvgIpc) is 2.60. The first-order valence-corrected chi connectivity index (χ1v) is 7.72. The molecule has 0 bridgehead atoms. The van der Waals surface area contributed by atoms with Gasteiger partial charge < -0.3 is 15.7 Å². The standard InChI is InChI=1S/C19H19FN2O3/c1-13-4-2-3-5-16(13)17(23)12-21-18(24)10-11-19(25)22-15-8-6-14(20)7-9-15/h2-11,17,23H,12H2,1H3,(H,21,24)(H,22,25)/b11-10+. The highest BCUT2D eigenvalue weighted by Gasteiger charge is 2.10. The van der Waals surface area contributed by atoms with Crippen molar-refractivity contribution in [2.75, 3.05) is 11.9 Å². The van der Waals surface area contributed by atoms with E-state index in [2.05, 4.69) is 10.6 Å². The predicted octanol–water partition coefficient (Wildman–Crippen LogP) is 2.48. The second-order valence-electron chi connectivity index (χ2n) is 5.45. The van der Waals surface area contributed by atoms with Crippen LogP contribution in [0.3, 0.4) is 0 Å². The van der Waals surface area contributed by atoms with E-state index in [1.54, 1.807) is 6.07 Å². The molecule has 0 aromatic heterocycles. The molecule has 2 aromatic rings. The number of hydrogen-bond acceptors (Lipinski definition) is 3. The SMILES string of the molecule is Cc1ccccc1C(O)CNC(=O)/C=C/C(=O)Nc1ccc(F)cc1. The zero-order valence-electron chi connectivity index (χ0n) is 13.7. The highest BCUT2D eigenvalue weighted by molar-refractivity contribution is 6.03. The first kappa shape index (κ1) is 18.4. The normalized spacial score (nSPS) is 12.0. The van der Waals surface area contributed by atoms with E-state index in [4.69, 9.17) is 0 Å². The van der Waals surface area contributed by atoms with Crippen molar-refractivity contribution in [2.24, 2.45) is 0 Å². The molecule has 6 heteroatoms. The number of carbonyl (C=O) groups excluding carboxylic acids is 2. The Labute approximate surface area is 145 Å². The molecular weight excluding hydrogens is 323 g/mol. The Balaban J connectivity index is 1.81. The van der Waals surface area contributed by atoms with Crippen molar-refractivity contribution in [3.63, 3.8) is 0 Å². The minimum Gasteiger partial charge on any atom is -0.387 e. The number of benzene rings is 2. The molecule has 0 saturated carbocycles. The molecule has 0 spiro atoms. The Hall–Kier alpha value is -2.99. The molecule has 0 radical (unpaired) electrons. The molecule has 0 saturated heterocycles. The lowest BCUT2D eigenvalue weighted by Gasteiger charge is -2.13. The second-order valence-corrected chi connectivity index (χ2v) is 5.45. The quantitative estimate of drug-likeness (QED) is 0.706. The zero-order chi connectivity index (χ0) is 18.2. The van der Waals surface area contributed by atoms with Gasteiger partial charge in [0.25, 0.3) is 0 Å². The van der Waals surface area contributed by atoms with Crippen molar-refractivity contribution in [3.05, 3.63) is 77.6 Å². The molecule has 0 aliphatic heterocycles. The van der Waals surface area contributed by atoms with Crippen LogP contribution in [0.4, 0.5) is 10.1 Å². The monoisotopic (exact) mass is 342 g/mol. The van der Waals surface area contributed by atoms with Gasteiger partial charge in [0, 0.05) is 24.4 Å². The van der Waals surface area contributed by atoms with E-state index >= 15 is 0 Å². The van der Waals surface area contributed by atoms with Crippen LogP contribution in [-0.4, -0.2) is 23.5 Å². The maximum Gasteiger partial charge on any atom is 0.248 e. The summed E-state index contributed by atoms with van der Waals surface area (Å²) < 4.78 is 12.8. The lowest BCUT2D eigenvalue weighted by Crippen LogP contribution is -2.27. The number of anilines is 1. The first-order valence-electron chi connectivity index (χ1n) is 7.72. The van der Waals surface area contributed by atoms with Crippen molar-refractivity contribution >= 4 is 17.5 Å². The van der Waals surface area contributed by atoms with Crippen LogP contribution < -0.4 is 10.6 Å². The fourth-order valence-electron chi connectivity index (χ4n) is 2.20. The lowest BCUT2D eigenvalue weighted by molar-refractivity contribution is -0.117. The summed E-state index contributed by atoms with van der Waals surface area (Å²) in [4.78, 5) is 23.4. The molecule has 2 aromatic carbocycles. The van der Waals surface area contributed by atoms with Crippen molar-refractivity contribution in [2.45, 2.75) is 13.0 Å². The molecule has 1 atom stereocenters. The number of aliphatic hydroxyl groups excluding tert-OH is 1. The lowest BCUT2D eigenvalue weighted by atomic mass is 10.0. The number of nitrogens with one attached hydrogen (secondary N) is 2. The summed E-state index contributed by atoms with van der Waals surface area (Å²) in [6.45, 7) is 1.91. The third-order valence-electron chi connectivity index (χ3n) is 3.51. The van der Waals surface area contributed by atoms with Gasteiger partial charge in [-0.25, -0.2) is 4.39 Å². The molecule has 0 aliphatic carbocycles. The summed E-state index contributed by atoms with van der Waals surface area (Å²) in [5.41, 5.74) is 2.09. The minimum atomic E-state index is -0.827. The van der Waals surface area contributed by atoms with E-state index in [9.17, 15) is 19.1 Å². The Bertz CT molecular complexity index is 772. The van der Waals surface area contributed by atoms with Gasteiger partial charge in [-0.05, 0) is 42.3 Å². The first-order chi connectivity index (χ1) is 12.0. The highest BCUT2D eigenvalue weighted by atomic mass is 19.1. The highest BCUT2D eigenvalue weighted by Crippen LogP contribution is 2.16. The van der Waals surface area contributed by atoms with E-state index in [0.29, 0.717) is 5.69 Å². The van der Waals surface area contributed by atoms with Crippen LogP contribution in [0.15, 0.2) is 60.7 Å². The van der Waals surface area contributed by atoms with Crippen molar-refractivity contribution in [1.82, 2.24) is 5.32 Å². The second kappa shape index (κ2) is 8.75. The van der Waals surface area contributed by atoms with E-state index < -0.39 is 23.7 Å². The van der Waals surface area contributed by atoms with Crippen LogP contribution in [0.25, 0.3) is 0 Å². The molecule has 0 fully saturated rings. The van der Waals surface area contributed by atoms with E-state index in [1.165, 1.54) is 24.3 Å². The van der Waals surface area contributed by atoms with Gasteiger partial charge >= 0.3 is 0 Å². The number of aliphatic hydroxyl groups is 1. The van der Waals surface area contributed by atoms with Crippen LogP contribution in [0.2, 0.25) is 0 Å². The van der Waals surface area contributed by atoms with Gasteiger partial charge in [-0.1, -0.05) is 24.3 Å². The fourth-order valence-corrected chi connectivity index (χ4v) is 2.20. The fraction of sp³-hybridized carbons (Fsp3) is 0.158. The van der Waals surface area contributed by atoms with Crippen molar-refractivity contribution in [1.29, 1.82) is 0 Å². The molecule has 2 amide bonds. The van der Waals surface area contributed by atoms with Crippen LogP contribution in [0.1, 0.15) is 17.2 Å². The molecule has 2 rings (SSSR count). The topological polar surface area (TPSA) is 78.4 Å². The Kier molecular flexibility index (Phi) is 6.42. The zero-order valence-corrected chi connectivity index (χ0v) is 13.7. The summed E-state index contributed by atoms with van der Waals surface area (Å²) in [6.07, 6.45) is 1.31. The van der Waals surface area contributed by atoms with Gasteiger partial charge in [0.1, 0.15) is 5.82 Å². The maximum atomic E-state index is 12.8. The molecule has 0 aliphatic rings. The van der Waals surface area contributed by atoms with Crippen molar-refractivity contribution in [3.8, 4) is 0 Å². The van der Waals surface area contributed by atoms with Crippen LogP contribution in [0, 0.1) is 12.7 Å². The van der Waals surface area contributed by atoms with Crippen LogP contribution >= 0.6 is 0 Å². The largest absolute Gasteiger partial charge is 0.387 e. The maximum absolute atomic E-state index is 12.8. The van der Waals surface area contributed by atoms with E-state index in [-0.39, 0.29) is 6.54 Å². The summed E-state index contributed by atoms with van der Waals surface area (Å²) in [7, 11) is 0. The Morgan fingerprint density at radius 3 is 2.40 bits per heavy atom. The summed E-state index contributed by atoms with van der Waals surface area (Å²) in [5, 5.41) is 15.1. The van der Waals surface area contributed by atoms with Gasteiger partial charge in [0.05, 0.1) is 6.10 Å². The number of carbonyl (C=O) groups is 2. The van der Waals surface area contributed by atoms with E-state index in [0.717, 1.165) is 23.3 Å². The predicted molar refractivity (Wildman–Crippen MR) is 93.3 cm³/mol. The van der Waals surface area contributed by atoms with Gasteiger partial charge in [-0.2, -0.15) is 0 Å². The molecule has 1 unspecified atom stereocenters. The number of aryl methyl sites for hydroxylation is 1. The Morgan fingerprint density at radius 2 is 1.72 bits per heavy atom.